The van der Waals surface area contributed by atoms with E-state index in [1.807, 2.05) is 0 Å². The van der Waals surface area contributed by atoms with Crippen molar-refractivity contribution in [2.24, 2.45) is 0 Å². The molecule has 0 bridgehead atoms. The Morgan fingerprint density at radius 3 is 2.55 bits per heavy atom. The van der Waals surface area contributed by atoms with Crippen LogP contribution >= 0.6 is 35.0 Å². The van der Waals surface area contributed by atoms with Gasteiger partial charge in [-0.2, -0.15) is 0 Å². The van der Waals surface area contributed by atoms with Crippen LogP contribution in [0.15, 0.2) is 63.9 Å². The second-order valence-corrected chi connectivity index (χ2v) is 8.06. The van der Waals surface area contributed by atoms with Gasteiger partial charge in [0, 0.05) is 16.7 Å². The molecule has 0 spiro atoms. The minimum atomic E-state index is -0.428. The Hall–Kier alpha value is -2.54. The fourth-order valence-corrected chi connectivity index (χ4v) is 4.00. The van der Waals surface area contributed by atoms with Gasteiger partial charge in [-0.25, -0.2) is 4.39 Å². The number of hydrogen-bond acceptors (Lipinski definition) is 4. The summed E-state index contributed by atoms with van der Waals surface area (Å²) < 4.78 is 18.8. The fraction of sp³-hybridized carbons (Fsp3) is 0.0476. The Labute approximate surface area is 179 Å². The van der Waals surface area contributed by atoms with Gasteiger partial charge in [-0.1, -0.05) is 35.3 Å². The van der Waals surface area contributed by atoms with Crippen molar-refractivity contribution in [3.8, 4) is 11.3 Å². The highest BCUT2D eigenvalue weighted by Crippen LogP contribution is 2.36. The van der Waals surface area contributed by atoms with E-state index >= 15 is 0 Å². The van der Waals surface area contributed by atoms with E-state index in [1.54, 1.807) is 30.3 Å². The maximum atomic E-state index is 13.0. The van der Waals surface area contributed by atoms with Crippen molar-refractivity contribution in [1.29, 1.82) is 0 Å². The molecule has 0 atom stereocenters. The highest BCUT2D eigenvalue weighted by atomic mass is 35.5. The van der Waals surface area contributed by atoms with E-state index in [0.717, 1.165) is 16.7 Å². The Bertz CT molecular complexity index is 1140. The summed E-state index contributed by atoms with van der Waals surface area (Å²) in [4.78, 5) is 26.2. The van der Waals surface area contributed by atoms with E-state index in [4.69, 9.17) is 27.6 Å². The SMILES string of the molecule is O=C1S/C(=C/c2ccc(-c3cc(Cl)ccc3Cl)o2)C(=O)N1Cc1ccc(F)cc1. The normalized spacial score (nSPS) is 15.6. The van der Waals surface area contributed by atoms with Crippen LogP contribution in [0.1, 0.15) is 11.3 Å². The number of hydrogen-bond donors (Lipinski definition) is 0. The monoisotopic (exact) mass is 447 g/mol. The summed E-state index contributed by atoms with van der Waals surface area (Å²) in [7, 11) is 0. The zero-order chi connectivity index (χ0) is 20.5. The third-order valence-electron chi connectivity index (χ3n) is 4.22. The minimum Gasteiger partial charge on any atom is -0.457 e. The second kappa shape index (κ2) is 8.06. The predicted octanol–water partition coefficient (Wildman–Crippen LogP) is 6.63. The van der Waals surface area contributed by atoms with Crippen molar-refractivity contribution in [3.63, 3.8) is 0 Å². The summed E-state index contributed by atoms with van der Waals surface area (Å²) in [5.74, 6) is 0.0943. The highest BCUT2D eigenvalue weighted by molar-refractivity contribution is 8.18. The van der Waals surface area contributed by atoms with Crippen LogP contribution in [-0.4, -0.2) is 16.0 Å². The van der Waals surface area contributed by atoms with Crippen LogP contribution in [0.4, 0.5) is 9.18 Å². The number of benzene rings is 2. The van der Waals surface area contributed by atoms with E-state index in [0.29, 0.717) is 32.7 Å². The number of amides is 2. The molecule has 0 saturated carbocycles. The molecule has 2 heterocycles. The lowest BCUT2D eigenvalue weighted by Gasteiger charge is -2.12. The molecule has 0 N–H and O–H groups in total. The van der Waals surface area contributed by atoms with Crippen LogP contribution in [0.25, 0.3) is 17.4 Å². The van der Waals surface area contributed by atoms with Crippen LogP contribution < -0.4 is 0 Å². The van der Waals surface area contributed by atoms with Crippen LogP contribution in [0.3, 0.4) is 0 Å². The number of furan rings is 1. The summed E-state index contributed by atoms with van der Waals surface area (Å²) in [6, 6.07) is 14.1. The van der Waals surface area contributed by atoms with Gasteiger partial charge in [0.05, 0.1) is 16.5 Å². The van der Waals surface area contributed by atoms with E-state index in [1.165, 1.54) is 30.3 Å². The smallest absolute Gasteiger partial charge is 0.293 e. The molecule has 1 fully saturated rings. The maximum Gasteiger partial charge on any atom is 0.293 e. The highest BCUT2D eigenvalue weighted by Gasteiger charge is 2.35. The van der Waals surface area contributed by atoms with Crippen molar-refractivity contribution in [3.05, 3.63) is 86.7 Å². The van der Waals surface area contributed by atoms with Crippen molar-refractivity contribution < 1.29 is 18.4 Å². The topological polar surface area (TPSA) is 50.5 Å². The van der Waals surface area contributed by atoms with Crippen molar-refractivity contribution in [2.45, 2.75) is 6.54 Å². The van der Waals surface area contributed by atoms with Crippen LogP contribution in [0.5, 0.6) is 0 Å². The fourth-order valence-electron chi connectivity index (χ4n) is 2.80. The van der Waals surface area contributed by atoms with Crippen molar-refractivity contribution in [1.82, 2.24) is 4.90 Å². The lowest BCUT2D eigenvalue weighted by atomic mass is 10.2. The molecule has 1 aliphatic rings. The number of carbonyl (C=O) groups excluding carboxylic acids is 2. The van der Waals surface area contributed by atoms with Gasteiger partial charge >= 0.3 is 0 Å². The molecular formula is C21H12Cl2FNO3S. The second-order valence-electron chi connectivity index (χ2n) is 6.22. The molecule has 8 heteroatoms. The average Bonchev–Trinajstić information content (AvgIpc) is 3.26. The summed E-state index contributed by atoms with van der Waals surface area (Å²) in [5.41, 5.74) is 1.29. The molecule has 29 heavy (non-hydrogen) atoms. The van der Waals surface area contributed by atoms with Gasteiger partial charge in [-0.15, -0.1) is 0 Å². The first-order valence-electron chi connectivity index (χ1n) is 8.46. The zero-order valence-corrected chi connectivity index (χ0v) is 17.0. The van der Waals surface area contributed by atoms with Crippen molar-refractivity contribution >= 4 is 52.2 Å². The Morgan fingerprint density at radius 1 is 1.03 bits per heavy atom. The van der Waals surface area contributed by atoms with Crippen LogP contribution in [0.2, 0.25) is 10.0 Å². The number of nitrogens with zero attached hydrogens (tertiary/aromatic N) is 1. The van der Waals surface area contributed by atoms with Crippen LogP contribution in [0, 0.1) is 5.82 Å². The molecule has 0 radical (unpaired) electrons. The first kappa shape index (κ1) is 19.8. The van der Waals surface area contributed by atoms with E-state index in [-0.39, 0.29) is 17.3 Å². The average molecular weight is 448 g/mol. The largest absolute Gasteiger partial charge is 0.457 e. The molecule has 0 aliphatic carbocycles. The van der Waals surface area contributed by atoms with Gasteiger partial charge < -0.3 is 4.42 Å². The maximum absolute atomic E-state index is 13.0. The summed E-state index contributed by atoms with van der Waals surface area (Å²) in [5, 5.41) is 0.606. The Kier molecular flexibility index (Phi) is 5.50. The first-order chi connectivity index (χ1) is 13.9. The quantitative estimate of drug-likeness (QED) is 0.421. The van der Waals surface area contributed by atoms with Gasteiger partial charge in [0.2, 0.25) is 0 Å². The van der Waals surface area contributed by atoms with E-state index < -0.39 is 11.1 Å². The van der Waals surface area contributed by atoms with Gasteiger partial charge in [0.25, 0.3) is 11.1 Å². The molecule has 0 unspecified atom stereocenters. The third-order valence-corrected chi connectivity index (χ3v) is 5.69. The van der Waals surface area contributed by atoms with Gasteiger partial charge in [-0.05, 0) is 59.8 Å². The standard InChI is InChI=1S/C21H12Cl2FNO3S/c22-13-3-7-17(23)16(9-13)18-8-6-15(28-18)10-19-20(26)25(21(27)29-19)11-12-1-4-14(24)5-2-12/h1-10H,11H2/b19-10+. The summed E-state index contributed by atoms with van der Waals surface area (Å²) >= 11 is 13.0. The molecule has 2 aromatic carbocycles. The third kappa shape index (κ3) is 4.24. The van der Waals surface area contributed by atoms with Crippen molar-refractivity contribution in [2.75, 3.05) is 0 Å². The Balaban J connectivity index is 1.55. The molecular weight excluding hydrogens is 436 g/mol. The number of imide groups is 1. The predicted molar refractivity (Wildman–Crippen MR) is 112 cm³/mol. The molecule has 4 nitrogen and oxygen atoms in total. The number of halogens is 3. The molecule has 2 amide bonds. The van der Waals surface area contributed by atoms with Gasteiger partial charge in [0.15, 0.2) is 0 Å². The first-order valence-corrected chi connectivity index (χ1v) is 10.0. The molecule has 3 aromatic rings. The molecule has 146 valence electrons. The molecule has 1 aromatic heterocycles. The summed E-state index contributed by atoms with van der Waals surface area (Å²) in [6.45, 7) is 0.0732. The number of rotatable bonds is 4. The lowest BCUT2D eigenvalue weighted by molar-refractivity contribution is -0.123. The Morgan fingerprint density at radius 2 is 1.79 bits per heavy atom. The summed E-state index contributed by atoms with van der Waals surface area (Å²) in [6.07, 6.45) is 1.51. The zero-order valence-electron chi connectivity index (χ0n) is 14.7. The molecule has 1 saturated heterocycles. The molecule has 1 aliphatic heterocycles. The number of carbonyl (C=O) groups is 2. The lowest BCUT2D eigenvalue weighted by Crippen LogP contribution is -2.27. The van der Waals surface area contributed by atoms with E-state index in [2.05, 4.69) is 0 Å². The van der Waals surface area contributed by atoms with E-state index in [9.17, 15) is 14.0 Å². The minimum absolute atomic E-state index is 0.0732. The van der Waals surface area contributed by atoms with Crippen LogP contribution in [-0.2, 0) is 11.3 Å². The molecule has 4 rings (SSSR count). The number of thioether (sulfide) groups is 1. The van der Waals surface area contributed by atoms with Gasteiger partial charge in [0.1, 0.15) is 17.3 Å². The van der Waals surface area contributed by atoms with Gasteiger partial charge in [-0.3, -0.25) is 14.5 Å².